The number of ether oxygens (including phenoxy) is 1. The second-order valence-electron chi connectivity index (χ2n) is 8.40. The fourth-order valence-corrected chi connectivity index (χ4v) is 5.26. The van der Waals surface area contributed by atoms with Crippen LogP contribution in [0, 0.1) is 0 Å². The maximum Gasteiger partial charge on any atom is 0.264 e. The molecule has 0 spiro atoms. The van der Waals surface area contributed by atoms with Gasteiger partial charge < -0.3 is 10.1 Å². The van der Waals surface area contributed by atoms with Crippen LogP contribution >= 0.6 is 0 Å². The molecule has 1 aliphatic carbocycles. The number of nitrogens with one attached hydrogen (secondary N) is 2. The van der Waals surface area contributed by atoms with Crippen molar-refractivity contribution in [2.75, 3.05) is 23.3 Å². The smallest absolute Gasteiger partial charge is 0.264 e. The van der Waals surface area contributed by atoms with E-state index in [-0.39, 0.29) is 10.8 Å². The number of hydrogen-bond acceptors (Lipinski definition) is 6. The Balaban J connectivity index is 1.84. The molecule has 2 N–H and O–H groups in total. The SMILES string of the molecule is COc1ccc(N(CC(=O)NN=C2CCCCCCC2)S(=O)(=O)c2ccc(NC(C)=O)cc2)cc1. The fourth-order valence-electron chi connectivity index (χ4n) is 3.84. The number of carbonyl (C=O) groups excluding carboxylic acids is 2. The lowest BCUT2D eigenvalue weighted by molar-refractivity contribution is -0.119. The molecule has 0 heterocycles. The minimum Gasteiger partial charge on any atom is -0.497 e. The first-order chi connectivity index (χ1) is 16.8. The number of sulfonamides is 1. The van der Waals surface area contributed by atoms with Gasteiger partial charge in [-0.05, 0) is 74.2 Å². The van der Waals surface area contributed by atoms with E-state index in [0.29, 0.717) is 17.1 Å². The highest BCUT2D eigenvalue weighted by Crippen LogP contribution is 2.26. The Morgan fingerprint density at radius 1 is 0.943 bits per heavy atom. The number of anilines is 2. The van der Waals surface area contributed by atoms with Gasteiger partial charge in [0.05, 0.1) is 17.7 Å². The van der Waals surface area contributed by atoms with Crippen molar-refractivity contribution < 1.29 is 22.7 Å². The van der Waals surface area contributed by atoms with Crippen molar-refractivity contribution in [3.05, 3.63) is 48.5 Å². The third-order valence-electron chi connectivity index (χ3n) is 5.68. The molecule has 1 aliphatic rings. The third-order valence-corrected chi connectivity index (χ3v) is 7.47. The minimum atomic E-state index is -4.10. The van der Waals surface area contributed by atoms with Crippen LogP contribution in [0.4, 0.5) is 11.4 Å². The summed E-state index contributed by atoms with van der Waals surface area (Å²) in [7, 11) is -2.58. The van der Waals surface area contributed by atoms with Crippen molar-refractivity contribution in [3.63, 3.8) is 0 Å². The van der Waals surface area contributed by atoms with Crippen LogP contribution in [0.25, 0.3) is 0 Å². The molecule has 0 aromatic heterocycles. The highest BCUT2D eigenvalue weighted by Gasteiger charge is 2.27. The lowest BCUT2D eigenvalue weighted by Crippen LogP contribution is -2.39. The van der Waals surface area contributed by atoms with E-state index in [0.717, 1.165) is 48.5 Å². The zero-order valence-electron chi connectivity index (χ0n) is 20.1. The number of methoxy groups -OCH3 is 1. The fraction of sp³-hybridized carbons (Fsp3) is 0.400. The predicted molar refractivity (Wildman–Crippen MR) is 136 cm³/mol. The van der Waals surface area contributed by atoms with Gasteiger partial charge in [-0.25, -0.2) is 13.8 Å². The van der Waals surface area contributed by atoms with Crippen molar-refractivity contribution >= 4 is 38.9 Å². The highest BCUT2D eigenvalue weighted by atomic mass is 32.2. The Bertz CT molecular complexity index is 1140. The first-order valence-electron chi connectivity index (χ1n) is 11.7. The third kappa shape index (κ3) is 7.54. The summed E-state index contributed by atoms with van der Waals surface area (Å²) >= 11 is 0. The van der Waals surface area contributed by atoms with Gasteiger partial charge in [0.15, 0.2) is 0 Å². The number of rotatable bonds is 8. The van der Waals surface area contributed by atoms with Gasteiger partial charge >= 0.3 is 0 Å². The number of amides is 2. The van der Waals surface area contributed by atoms with Crippen molar-refractivity contribution in [1.29, 1.82) is 0 Å². The molecule has 3 rings (SSSR count). The van der Waals surface area contributed by atoms with Gasteiger partial charge in [-0.1, -0.05) is 19.3 Å². The van der Waals surface area contributed by atoms with Crippen LogP contribution in [0.1, 0.15) is 51.9 Å². The molecule has 35 heavy (non-hydrogen) atoms. The minimum absolute atomic E-state index is 0.0125. The molecule has 0 aliphatic heterocycles. The molecular weight excluding hydrogens is 468 g/mol. The monoisotopic (exact) mass is 500 g/mol. The number of carbonyl (C=O) groups is 2. The first kappa shape index (κ1) is 26.2. The molecule has 0 radical (unpaired) electrons. The van der Waals surface area contributed by atoms with E-state index >= 15 is 0 Å². The zero-order chi connectivity index (χ0) is 25.3. The van der Waals surface area contributed by atoms with Gasteiger partial charge in [-0.3, -0.25) is 13.9 Å². The molecule has 10 heteroatoms. The molecule has 0 bridgehead atoms. The van der Waals surface area contributed by atoms with Gasteiger partial charge in [0.2, 0.25) is 5.91 Å². The molecule has 2 aromatic rings. The molecule has 188 valence electrons. The second kappa shape index (κ2) is 12.3. The maximum atomic E-state index is 13.5. The van der Waals surface area contributed by atoms with Crippen LogP contribution in [0.5, 0.6) is 5.75 Å². The highest BCUT2D eigenvalue weighted by molar-refractivity contribution is 7.92. The first-order valence-corrected chi connectivity index (χ1v) is 13.1. The summed E-state index contributed by atoms with van der Waals surface area (Å²) in [5, 5.41) is 6.89. The van der Waals surface area contributed by atoms with Crippen molar-refractivity contribution in [1.82, 2.24) is 5.43 Å². The van der Waals surface area contributed by atoms with Gasteiger partial charge in [0, 0.05) is 18.3 Å². The predicted octanol–water partition coefficient (Wildman–Crippen LogP) is 4.07. The Hall–Kier alpha value is -3.40. The number of hydrazone groups is 1. The van der Waals surface area contributed by atoms with Crippen molar-refractivity contribution in [3.8, 4) is 5.75 Å². The summed E-state index contributed by atoms with van der Waals surface area (Å²) in [5.74, 6) is -0.234. The van der Waals surface area contributed by atoms with Gasteiger partial charge in [-0.15, -0.1) is 0 Å². The van der Waals surface area contributed by atoms with Crippen LogP contribution in [-0.2, 0) is 19.6 Å². The van der Waals surface area contributed by atoms with Crippen LogP contribution in [0.15, 0.2) is 58.5 Å². The molecule has 9 nitrogen and oxygen atoms in total. The summed E-state index contributed by atoms with van der Waals surface area (Å²) in [6.07, 6.45) is 7.27. The Labute approximate surface area is 206 Å². The number of benzene rings is 2. The summed E-state index contributed by atoms with van der Waals surface area (Å²) < 4.78 is 33.3. The van der Waals surface area contributed by atoms with Crippen molar-refractivity contribution in [2.45, 2.75) is 56.8 Å². The average Bonchev–Trinajstić information content (AvgIpc) is 2.82. The van der Waals surface area contributed by atoms with Crippen LogP contribution in [0.3, 0.4) is 0 Å². The van der Waals surface area contributed by atoms with Crippen LogP contribution < -0.4 is 19.8 Å². The van der Waals surface area contributed by atoms with Gasteiger partial charge in [-0.2, -0.15) is 5.10 Å². The molecular formula is C25H32N4O5S. The Morgan fingerprint density at radius 2 is 1.54 bits per heavy atom. The molecule has 0 saturated heterocycles. The zero-order valence-corrected chi connectivity index (χ0v) is 20.9. The van der Waals surface area contributed by atoms with Gasteiger partial charge in [0.1, 0.15) is 12.3 Å². The van der Waals surface area contributed by atoms with Crippen LogP contribution in [-0.4, -0.2) is 39.6 Å². The van der Waals surface area contributed by atoms with E-state index in [2.05, 4.69) is 15.8 Å². The van der Waals surface area contributed by atoms with E-state index in [1.165, 1.54) is 44.7 Å². The second-order valence-corrected chi connectivity index (χ2v) is 10.3. The summed E-state index contributed by atoms with van der Waals surface area (Å²) in [6, 6.07) is 12.2. The number of nitrogens with zero attached hydrogens (tertiary/aromatic N) is 2. The normalized spacial score (nSPS) is 14.3. The average molecular weight is 501 g/mol. The summed E-state index contributed by atoms with van der Waals surface area (Å²) in [5.41, 5.74) is 4.27. The largest absolute Gasteiger partial charge is 0.497 e. The van der Waals surface area contributed by atoms with E-state index in [4.69, 9.17) is 4.74 Å². The topological polar surface area (TPSA) is 117 Å². The molecule has 2 amide bonds. The van der Waals surface area contributed by atoms with Crippen molar-refractivity contribution in [2.24, 2.45) is 5.10 Å². The van der Waals surface area contributed by atoms with E-state index in [1.807, 2.05) is 0 Å². The lowest BCUT2D eigenvalue weighted by atomic mass is 9.99. The van der Waals surface area contributed by atoms with E-state index in [9.17, 15) is 18.0 Å². The molecule has 1 saturated carbocycles. The Kier molecular flexibility index (Phi) is 9.25. The number of hydrogen-bond donors (Lipinski definition) is 2. The summed E-state index contributed by atoms with van der Waals surface area (Å²) in [6.45, 7) is 0.924. The molecule has 2 aromatic carbocycles. The maximum absolute atomic E-state index is 13.5. The van der Waals surface area contributed by atoms with E-state index in [1.54, 1.807) is 24.3 Å². The summed E-state index contributed by atoms with van der Waals surface area (Å²) in [4.78, 5) is 24.1. The van der Waals surface area contributed by atoms with Crippen LogP contribution in [0.2, 0.25) is 0 Å². The molecule has 1 fully saturated rings. The molecule has 0 atom stereocenters. The lowest BCUT2D eigenvalue weighted by Gasteiger charge is -2.24. The van der Waals surface area contributed by atoms with E-state index < -0.39 is 22.5 Å². The standard InChI is InChI=1S/C25H32N4O5S/c1-19(30)26-20-10-16-24(17-11-20)35(32,33)29(22-12-14-23(34-2)15-13-22)18-25(31)28-27-21-8-6-4-3-5-7-9-21/h10-17H,3-9,18H2,1-2H3,(H,26,30)(H,28,31). The Morgan fingerprint density at radius 3 is 2.11 bits per heavy atom. The van der Waals surface area contributed by atoms with Gasteiger partial charge in [0.25, 0.3) is 15.9 Å². The quantitative estimate of drug-likeness (QED) is 0.530. The molecule has 0 unspecified atom stereocenters.